The van der Waals surface area contributed by atoms with Gasteiger partial charge in [0.1, 0.15) is 28.7 Å². The number of aromatic amines is 1. The van der Waals surface area contributed by atoms with E-state index in [0.717, 1.165) is 63.7 Å². The first kappa shape index (κ1) is 110. The third-order valence-corrected chi connectivity index (χ3v) is 346. The van der Waals surface area contributed by atoms with E-state index < -0.39 is 11.2 Å². The van der Waals surface area contributed by atoms with Crippen LogP contribution in [0.4, 0.5) is 22.8 Å². The lowest BCUT2D eigenvalue weighted by atomic mass is 10.0. The first-order valence-electron chi connectivity index (χ1n) is 30.7. The first-order valence-corrected chi connectivity index (χ1v) is 118. The number of H-pyrrole nitrogens is 1. The van der Waals surface area contributed by atoms with Crippen LogP contribution in [0.1, 0.15) is 75.3 Å². The number of hydrogen-bond acceptors (Lipinski definition) is 5. The number of ether oxygens (including phenoxy) is 2. The molecule has 3 aliphatic heterocycles. The number of carbonyl (C=O) groups excluding carboxylic acids is 2. The Bertz CT molecular complexity index is 3740. The quantitative estimate of drug-likeness (QED) is 0.0660. The molecule has 9 rings (SSSR count). The summed E-state index contributed by atoms with van der Waals surface area (Å²) in [6, 6.07) is 15.4. The number of nitrogens with one attached hydrogen (secondary N) is 2. The minimum atomic E-state index is -0.512. The van der Waals surface area contributed by atoms with Gasteiger partial charge >= 0.3 is 12.2 Å². The van der Waals surface area contributed by atoms with Crippen LogP contribution >= 0.6 is 384 Å². The zero-order valence-electron chi connectivity index (χ0n) is 59.3. The number of benzene rings is 3. The van der Waals surface area contributed by atoms with Crippen LogP contribution in [0.25, 0.3) is 32.7 Å². The largest absolute Gasteiger partial charge is 0.444 e. The number of para-hydroxylation sites is 3. The Hall–Kier alpha value is 15.2. The van der Waals surface area contributed by atoms with Gasteiger partial charge < -0.3 is 38.7 Å². The second-order valence-electron chi connectivity index (χ2n) is 24.8. The predicted molar refractivity (Wildman–Crippen MR) is 622 cm³/mol. The SMILES string of the molecule is CC(C)(C)OC(=O)N1CCc2[nH]c3c(F)cccc3c2C1.Cn1c2c(c3cccc(F)c31)CN(C(=O)OC(C)(C)C)CC2.Cn1c2c(c3cccc(F)c31)CNCC2.PP(P)P(P)P(P(P)P)P(P(P(P)P)P(P)P)P(P(P(P(P)P)P(P)P)P(P(P)P)P(P)P)P(P(P(P)P)P(P)P)P(P(P)P)P(P)P. The molecule has 6 aromatic rings. The van der Waals surface area contributed by atoms with Crippen LogP contribution < -0.4 is 5.32 Å². The molecule has 3 aliphatic rings. The van der Waals surface area contributed by atoms with Gasteiger partial charge in [0, 0.05) is 104 Å². The van der Waals surface area contributed by atoms with Gasteiger partial charge in [0.2, 0.25) is 0 Å². The minimum absolute atomic E-state index is 0.112. The molecule has 598 valence electrons. The highest BCUT2D eigenvalue weighted by molar-refractivity contribution is 9.51. The van der Waals surface area contributed by atoms with Gasteiger partial charge in [-0.1, -0.05) is 36.4 Å². The maximum absolute atomic E-state index is 14.1. The average Bonchev–Trinajstić information content (AvgIpc) is 1.69. The van der Waals surface area contributed by atoms with E-state index in [-0.39, 0.29) is 190 Å². The highest BCUT2D eigenvalue weighted by atomic mass is 33.6. The normalized spacial score (nSPS) is 15.7. The van der Waals surface area contributed by atoms with E-state index in [4.69, 9.17) is 9.47 Å². The molecular formula is C45H103F3N6O4P48. The summed E-state index contributed by atoms with van der Waals surface area (Å²) in [6.07, 6.45) is 1.74. The molecule has 3 aromatic heterocycles. The highest BCUT2D eigenvalue weighted by Crippen LogP contribution is 3.45. The monoisotopic (exact) mass is 2340 g/mol. The summed E-state index contributed by atoms with van der Waals surface area (Å²) in [5, 5.41) is 6.11. The van der Waals surface area contributed by atoms with Crippen LogP contribution in [-0.2, 0) is 62.5 Å². The molecule has 106 heavy (non-hydrogen) atoms. The molecule has 0 bridgehead atoms. The van der Waals surface area contributed by atoms with Gasteiger partial charge in [0.15, 0.2) is 0 Å². The summed E-state index contributed by atoms with van der Waals surface area (Å²) in [5.74, 6) is -0.603. The maximum atomic E-state index is 14.1. The molecule has 28 unspecified atom stereocenters. The second-order valence-corrected chi connectivity index (χ2v) is 221. The minimum Gasteiger partial charge on any atom is -0.444 e. The van der Waals surface area contributed by atoms with E-state index in [1.807, 2.05) is 83.0 Å². The van der Waals surface area contributed by atoms with E-state index in [0.29, 0.717) is 50.1 Å². The lowest BCUT2D eigenvalue weighted by molar-refractivity contribution is 0.0214. The van der Waals surface area contributed by atoms with Crippen LogP contribution in [-0.4, -0.2) is 66.9 Å². The Morgan fingerprint density at radius 1 is 0.396 bits per heavy atom. The third kappa shape index (κ3) is 30.9. The van der Waals surface area contributed by atoms with Crippen molar-refractivity contribution < 1.29 is 32.2 Å². The highest BCUT2D eigenvalue weighted by Gasteiger charge is 2.58. The van der Waals surface area contributed by atoms with Gasteiger partial charge in [-0.2, -0.15) is 0 Å². The Kier molecular flexibility index (Phi) is 54.0. The molecule has 28 atom stereocenters. The van der Waals surface area contributed by atoms with Crippen LogP contribution in [0.3, 0.4) is 0 Å². The van der Waals surface area contributed by atoms with E-state index in [9.17, 15) is 22.8 Å². The van der Waals surface area contributed by atoms with Crippen LogP contribution in [0.15, 0.2) is 54.6 Å². The smallest absolute Gasteiger partial charge is 0.410 e. The van der Waals surface area contributed by atoms with Crippen molar-refractivity contribution in [2.75, 3.05) is 19.6 Å². The molecule has 0 saturated carbocycles. The van der Waals surface area contributed by atoms with Gasteiger partial charge in [-0.3, -0.25) is 0 Å². The van der Waals surface area contributed by atoms with Gasteiger partial charge in [-0.05, 0) is 226 Å². The van der Waals surface area contributed by atoms with Crippen molar-refractivity contribution in [3.63, 3.8) is 0 Å². The average molecular weight is 2340 g/mol. The molecule has 0 radical (unpaired) electrons. The lowest BCUT2D eigenvalue weighted by Gasteiger charge is -2.58. The zero-order valence-corrected chi connectivity index (χ0v) is 109. The topological polar surface area (TPSA) is 96.8 Å². The summed E-state index contributed by atoms with van der Waals surface area (Å²) in [4.78, 5) is 30.9. The number of nitrogens with zero attached hydrogens (tertiary/aromatic N) is 4. The summed E-state index contributed by atoms with van der Waals surface area (Å²) >= 11 is 0. The number of carbonyl (C=O) groups is 2. The van der Waals surface area contributed by atoms with Gasteiger partial charge in [-0.25, -0.2) is 22.8 Å². The first-order chi connectivity index (χ1) is 49.2. The predicted octanol–water partition coefficient (Wildman–Crippen LogP) is 37.1. The molecule has 6 heterocycles. The third-order valence-electron chi connectivity index (χ3n) is 15.0. The standard InChI is InChI=1S/C17H21FN2O2.C16H19FN2O2.C12H13FN2.H50P48/c1-17(2,3)22-16(21)20-9-8-14-12(10-20)11-6-5-7-13(18)15(11)19(14)4;1-16(2,3)21-15(20)19-8-7-13-11(9-19)10-5-4-6-12(17)14(10)18-13;1-15-11-5-6-14-7-9(11)8-3-2-4-10(13)12(8)15;1-26(2)38(25)44(37(23)24)47(43(35(19)20)36(21)22)48(45(39(27(3)4)28(5)6)40(29(7)8)30(9)10)46(41(31(11)12)32(13)14)42(33(15)16)34(17)18/h5-7H,8-10H2,1-4H3;4-6,18H,7-9H2,1-3H3;2-4,14H,5-7H2,1H3;1-25H2. The number of amides is 2. The van der Waals surface area contributed by atoms with Crippen molar-refractivity contribution in [1.82, 2.24) is 29.2 Å². The number of halogens is 3. The van der Waals surface area contributed by atoms with E-state index >= 15 is 0 Å². The Morgan fingerprint density at radius 3 is 1.08 bits per heavy atom. The van der Waals surface area contributed by atoms with Crippen molar-refractivity contribution in [2.24, 2.45) is 14.1 Å². The number of aryl methyl sites for hydroxylation is 2. The molecular weight excluding hydrogens is 2230 g/mol. The van der Waals surface area contributed by atoms with Gasteiger partial charge in [-0.15, -0.1) is 223 Å². The molecule has 0 fully saturated rings. The Morgan fingerprint density at radius 2 is 0.717 bits per heavy atom. The van der Waals surface area contributed by atoms with E-state index in [1.165, 1.54) is 29.5 Å². The molecule has 3 aromatic carbocycles. The molecule has 0 saturated heterocycles. The maximum Gasteiger partial charge on any atom is 0.410 e. The number of hydrogen-bond donors (Lipinski definition) is 2. The number of aromatic nitrogens is 3. The summed E-state index contributed by atoms with van der Waals surface area (Å²) in [6.45, 7) is 11.5. The van der Waals surface area contributed by atoms with Crippen molar-refractivity contribution in [3.05, 3.63) is 106 Å². The van der Waals surface area contributed by atoms with Crippen LogP contribution in [0.2, 0.25) is 0 Å². The fraction of sp³-hybridized carbons (Fsp3) is 0.422. The molecule has 10 nitrogen and oxygen atoms in total. The molecule has 2 amide bonds. The number of rotatable bonds is 22. The Labute approximate surface area is 713 Å². The van der Waals surface area contributed by atoms with Crippen molar-refractivity contribution in [1.29, 1.82) is 0 Å². The zero-order chi connectivity index (χ0) is 80.0. The second kappa shape index (κ2) is 52.0. The Balaban J connectivity index is 0.000000246. The van der Waals surface area contributed by atoms with Crippen molar-refractivity contribution in [3.8, 4) is 0 Å². The lowest BCUT2D eigenvalue weighted by Crippen LogP contribution is -2.40. The van der Waals surface area contributed by atoms with Crippen molar-refractivity contribution >= 4 is 429 Å². The van der Waals surface area contributed by atoms with Gasteiger partial charge in [0.25, 0.3) is 0 Å². The summed E-state index contributed by atoms with van der Waals surface area (Å²) in [5.41, 5.74) is 7.50. The molecule has 0 spiro atoms. The summed E-state index contributed by atoms with van der Waals surface area (Å²) in [7, 11) is 90.4. The van der Waals surface area contributed by atoms with E-state index in [2.05, 4.69) is 234 Å². The number of fused-ring (bicyclic) bond motifs is 9. The summed E-state index contributed by atoms with van der Waals surface area (Å²) < 4.78 is 56.4. The molecule has 61 heteroatoms. The van der Waals surface area contributed by atoms with Crippen LogP contribution in [0, 0.1) is 17.5 Å². The van der Waals surface area contributed by atoms with Crippen LogP contribution in [0.5, 0.6) is 0 Å². The molecule has 2 N–H and O–H groups in total. The fourth-order valence-corrected chi connectivity index (χ4v) is 677. The fourth-order valence-electron chi connectivity index (χ4n) is 11.0. The van der Waals surface area contributed by atoms with Crippen molar-refractivity contribution in [2.45, 2.75) is 91.6 Å². The van der Waals surface area contributed by atoms with Gasteiger partial charge in [0.05, 0.1) is 29.6 Å². The molecule has 0 aliphatic carbocycles. The van der Waals surface area contributed by atoms with E-state index in [1.54, 1.807) is 28.0 Å².